The van der Waals surface area contributed by atoms with Gasteiger partial charge in [-0.3, -0.25) is 9.19 Å². The van der Waals surface area contributed by atoms with E-state index in [-0.39, 0.29) is 11.6 Å². The summed E-state index contributed by atoms with van der Waals surface area (Å²) in [6.45, 7) is 5.73. The van der Waals surface area contributed by atoms with Gasteiger partial charge in [0.05, 0.1) is 27.1 Å². The van der Waals surface area contributed by atoms with E-state index in [2.05, 4.69) is 15.0 Å². The number of nitrogens with zero attached hydrogens (tertiary/aromatic N) is 2. The van der Waals surface area contributed by atoms with Gasteiger partial charge in [0.1, 0.15) is 0 Å². The van der Waals surface area contributed by atoms with Crippen LogP contribution in [-0.4, -0.2) is 33.4 Å². The molecule has 0 saturated heterocycles. The predicted octanol–water partition coefficient (Wildman–Crippen LogP) is 3.64. The Kier molecular flexibility index (Phi) is 6.52. The molecule has 1 aromatic rings. The summed E-state index contributed by atoms with van der Waals surface area (Å²) in [7, 11) is -1.21. The molecule has 4 nitrogen and oxygen atoms in total. The Hall–Kier alpha value is -1.44. The van der Waals surface area contributed by atoms with Crippen molar-refractivity contribution in [2.75, 3.05) is 12.4 Å². The molecular weight excluding hydrogens is 317 g/mol. The van der Waals surface area contributed by atoms with Crippen LogP contribution in [0.5, 0.6) is 0 Å². The molecule has 8 heteroatoms. The van der Waals surface area contributed by atoms with E-state index in [1.165, 1.54) is 13.1 Å². The van der Waals surface area contributed by atoms with Crippen LogP contribution >= 0.6 is 0 Å². The first-order valence-corrected chi connectivity index (χ1v) is 8.09. The molecule has 0 aliphatic carbocycles. The average molecular weight is 336 g/mol. The molecule has 124 valence electrons. The van der Waals surface area contributed by atoms with Gasteiger partial charge in [-0.05, 0) is 18.9 Å². The van der Waals surface area contributed by atoms with Crippen molar-refractivity contribution in [2.24, 2.45) is 5.16 Å². The van der Waals surface area contributed by atoms with E-state index in [0.717, 1.165) is 0 Å². The van der Waals surface area contributed by atoms with Crippen LogP contribution in [0, 0.1) is 0 Å². The van der Waals surface area contributed by atoms with E-state index in [4.69, 9.17) is 0 Å². The van der Waals surface area contributed by atoms with Crippen LogP contribution in [0.25, 0.3) is 0 Å². The molecule has 0 fully saturated rings. The summed E-state index contributed by atoms with van der Waals surface area (Å²) in [6.07, 6.45) is -2.93. The maximum atomic E-state index is 12.1. The summed E-state index contributed by atoms with van der Waals surface area (Å²) < 4.78 is 48.2. The molecule has 1 heterocycles. The van der Waals surface area contributed by atoms with Gasteiger partial charge in [0.25, 0.3) is 0 Å². The van der Waals surface area contributed by atoms with E-state index in [0.29, 0.717) is 21.9 Å². The average Bonchev–Trinajstić information content (AvgIpc) is 2.44. The first-order chi connectivity index (χ1) is 10.2. The third kappa shape index (κ3) is 5.40. The minimum Gasteiger partial charge on any atom is -0.386 e. The molecule has 0 saturated carbocycles. The second-order valence-electron chi connectivity index (χ2n) is 4.96. The van der Waals surface area contributed by atoms with E-state index in [1.54, 1.807) is 13.0 Å². The van der Waals surface area contributed by atoms with Crippen molar-refractivity contribution in [1.29, 1.82) is 0 Å². The lowest BCUT2D eigenvalue weighted by Gasteiger charge is -2.12. The number of hydrogen-bond donors (Lipinski definition) is 0. The van der Waals surface area contributed by atoms with Gasteiger partial charge in [-0.15, -0.1) is 0 Å². The molecule has 0 aliphatic heterocycles. The molecule has 1 atom stereocenters. The van der Waals surface area contributed by atoms with E-state index in [1.807, 2.05) is 13.8 Å². The lowest BCUT2D eigenvalue weighted by Crippen LogP contribution is -2.15. The summed E-state index contributed by atoms with van der Waals surface area (Å²) in [5, 5.41) is 3.44. The van der Waals surface area contributed by atoms with Crippen LogP contribution in [0.15, 0.2) is 22.3 Å². The molecular formula is C14H19F3N2O2S. The van der Waals surface area contributed by atoms with Gasteiger partial charge in [0.15, 0.2) is 0 Å². The molecule has 1 aromatic heterocycles. The molecule has 0 N–H and O–H groups in total. The molecule has 0 amide bonds. The van der Waals surface area contributed by atoms with Gasteiger partial charge in [0, 0.05) is 17.5 Å². The van der Waals surface area contributed by atoms with Crippen LogP contribution in [-0.2, 0) is 15.6 Å². The summed E-state index contributed by atoms with van der Waals surface area (Å²) in [4.78, 5) is 9.14. The second kappa shape index (κ2) is 7.71. The largest absolute Gasteiger partial charge is 0.425 e. The Morgan fingerprint density at radius 2 is 2.09 bits per heavy atom. The summed E-state index contributed by atoms with van der Waals surface area (Å²) >= 11 is 0. The first kappa shape index (κ1) is 18.6. The molecule has 0 spiro atoms. The number of halogens is 3. The maximum absolute atomic E-state index is 12.1. The maximum Gasteiger partial charge on any atom is 0.425 e. The van der Waals surface area contributed by atoms with Crippen molar-refractivity contribution < 1.29 is 22.2 Å². The van der Waals surface area contributed by atoms with Crippen LogP contribution in [0.1, 0.15) is 44.9 Å². The van der Waals surface area contributed by atoms with E-state index in [9.17, 15) is 17.4 Å². The minimum absolute atomic E-state index is 0.0956. The summed E-state index contributed by atoms with van der Waals surface area (Å²) in [5.74, 6) is 0.532. The fraction of sp³-hybridized carbons (Fsp3) is 0.571. The zero-order valence-electron chi connectivity index (χ0n) is 12.9. The lowest BCUT2D eigenvalue weighted by atomic mass is 10.1. The van der Waals surface area contributed by atoms with Gasteiger partial charge >= 0.3 is 6.18 Å². The number of pyridine rings is 1. The van der Waals surface area contributed by atoms with Crippen LogP contribution in [0.2, 0.25) is 0 Å². The van der Waals surface area contributed by atoms with Crippen molar-refractivity contribution in [1.82, 2.24) is 4.98 Å². The number of hydrogen-bond acceptors (Lipinski definition) is 4. The smallest absolute Gasteiger partial charge is 0.386 e. The molecule has 0 aliphatic rings. The Morgan fingerprint density at radius 1 is 1.45 bits per heavy atom. The number of alkyl halides is 3. The molecule has 0 bridgehead atoms. The van der Waals surface area contributed by atoms with Crippen molar-refractivity contribution >= 4 is 16.5 Å². The Morgan fingerprint density at radius 3 is 2.59 bits per heavy atom. The SMILES string of the molecule is CCS(=O)c1cc(/C(C)=N/OCC(F)(F)F)cnc1C(C)C. The summed E-state index contributed by atoms with van der Waals surface area (Å²) in [5.41, 5.74) is 1.46. The minimum atomic E-state index is -4.43. The highest BCUT2D eigenvalue weighted by molar-refractivity contribution is 7.85. The van der Waals surface area contributed by atoms with Gasteiger partial charge in [-0.1, -0.05) is 25.9 Å². The first-order valence-electron chi connectivity index (χ1n) is 6.77. The topological polar surface area (TPSA) is 51.5 Å². The zero-order valence-corrected chi connectivity index (χ0v) is 13.7. The number of oxime groups is 1. The normalized spacial score (nSPS) is 14.3. The van der Waals surface area contributed by atoms with Crippen molar-refractivity contribution in [3.63, 3.8) is 0 Å². The third-order valence-electron chi connectivity index (χ3n) is 2.78. The van der Waals surface area contributed by atoms with E-state index < -0.39 is 23.6 Å². The highest BCUT2D eigenvalue weighted by Crippen LogP contribution is 2.22. The Balaban J connectivity index is 3.05. The molecule has 0 radical (unpaired) electrons. The quantitative estimate of drug-likeness (QED) is 0.589. The van der Waals surface area contributed by atoms with E-state index >= 15 is 0 Å². The fourth-order valence-electron chi connectivity index (χ4n) is 1.68. The molecule has 1 rings (SSSR count). The summed E-state index contributed by atoms with van der Waals surface area (Å²) in [6, 6.07) is 1.65. The third-order valence-corrected chi connectivity index (χ3v) is 4.13. The van der Waals surface area contributed by atoms with Gasteiger partial charge < -0.3 is 4.84 Å². The van der Waals surface area contributed by atoms with Gasteiger partial charge in [-0.25, -0.2) is 0 Å². The highest BCUT2D eigenvalue weighted by atomic mass is 32.2. The molecule has 22 heavy (non-hydrogen) atoms. The van der Waals surface area contributed by atoms with Gasteiger partial charge in [-0.2, -0.15) is 13.2 Å². The molecule has 0 aromatic carbocycles. The highest BCUT2D eigenvalue weighted by Gasteiger charge is 2.28. The second-order valence-corrected chi connectivity index (χ2v) is 6.67. The monoisotopic (exact) mass is 336 g/mol. The standard InChI is InChI=1S/C14H19F3N2O2S/c1-5-22(20)12-6-11(7-18-13(12)9(2)3)10(4)19-21-8-14(15,16)17/h6-7,9H,5,8H2,1-4H3/b19-10+. The Bertz CT molecular complexity index is 572. The molecule has 1 unspecified atom stereocenters. The van der Waals surface area contributed by atoms with Crippen LogP contribution < -0.4 is 0 Å². The van der Waals surface area contributed by atoms with Crippen LogP contribution in [0.4, 0.5) is 13.2 Å². The predicted molar refractivity (Wildman–Crippen MR) is 79.5 cm³/mol. The van der Waals surface area contributed by atoms with Gasteiger partial charge in [0.2, 0.25) is 6.61 Å². The van der Waals surface area contributed by atoms with Crippen molar-refractivity contribution in [3.8, 4) is 0 Å². The number of aromatic nitrogens is 1. The zero-order chi connectivity index (χ0) is 16.9. The Labute approximate surface area is 130 Å². The van der Waals surface area contributed by atoms with Crippen LogP contribution in [0.3, 0.4) is 0 Å². The number of rotatable bonds is 6. The van der Waals surface area contributed by atoms with Crippen molar-refractivity contribution in [2.45, 2.75) is 44.7 Å². The van der Waals surface area contributed by atoms with Crippen molar-refractivity contribution in [3.05, 3.63) is 23.5 Å². The lowest BCUT2D eigenvalue weighted by molar-refractivity contribution is -0.173. The fourth-order valence-corrected chi connectivity index (χ4v) is 2.77.